The highest BCUT2D eigenvalue weighted by atomic mass is 16.6. The van der Waals surface area contributed by atoms with Crippen molar-refractivity contribution >= 4 is 5.97 Å². The molecule has 1 fully saturated rings. The third-order valence-electron chi connectivity index (χ3n) is 3.31. The Bertz CT molecular complexity index is 280. The highest BCUT2D eigenvalue weighted by Gasteiger charge is 2.49. The van der Waals surface area contributed by atoms with E-state index in [4.69, 9.17) is 11.2 Å². The van der Waals surface area contributed by atoms with Crippen molar-refractivity contribution in [1.82, 2.24) is 0 Å². The van der Waals surface area contributed by atoms with Gasteiger partial charge in [0.2, 0.25) is 0 Å². The molecule has 1 aliphatic heterocycles. The average molecular weight is 210 g/mol. The lowest BCUT2D eigenvalue weighted by atomic mass is 9.75. The van der Waals surface area contributed by atoms with E-state index in [1.54, 1.807) is 0 Å². The van der Waals surface area contributed by atoms with Gasteiger partial charge in [-0.15, -0.1) is 6.42 Å². The number of likely N-dealkylation sites (tertiary alicyclic amines) is 1. The maximum atomic E-state index is 11.1. The normalized spacial score (nSPS) is 40.6. The molecule has 1 saturated heterocycles. The molecule has 0 bridgehead atoms. The fourth-order valence-electron chi connectivity index (χ4n) is 2.67. The van der Waals surface area contributed by atoms with Crippen LogP contribution >= 0.6 is 0 Å². The molecule has 0 saturated carbocycles. The molecule has 3 nitrogen and oxygen atoms in total. The van der Waals surface area contributed by atoms with E-state index < -0.39 is 5.60 Å². The monoisotopic (exact) mass is 210 g/mol. The maximum Gasteiger partial charge on any atom is 0.304 e. The summed E-state index contributed by atoms with van der Waals surface area (Å²) in [6, 6.07) is 0. The van der Waals surface area contributed by atoms with Crippen molar-refractivity contribution < 1.29 is 14.4 Å². The molecule has 15 heavy (non-hydrogen) atoms. The van der Waals surface area contributed by atoms with Gasteiger partial charge in [-0.25, -0.2) is 0 Å². The zero-order valence-electron chi connectivity index (χ0n) is 9.96. The first-order valence-electron chi connectivity index (χ1n) is 5.41. The van der Waals surface area contributed by atoms with Crippen molar-refractivity contribution in [2.45, 2.75) is 26.4 Å². The van der Waals surface area contributed by atoms with E-state index in [1.807, 2.05) is 0 Å². The van der Waals surface area contributed by atoms with Gasteiger partial charge in [-0.1, -0.05) is 19.8 Å². The SMILES string of the molecule is C#CC1(OC(C)=O)[C@@H](C)C[NH+](C)C[C@@H]1C. The summed E-state index contributed by atoms with van der Waals surface area (Å²) < 4.78 is 5.41. The molecule has 0 aliphatic carbocycles. The van der Waals surface area contributed by atoms with Crippen LogP contribution < -0.4 is 4.90 Å². The number of terminal acetylenes is 1. The zero-order valence-corrected chi connectivity index (χ0v) is 9.96. The van der Waals surface area contributed by atoms with Gasteiger partial charge in [-0.05, 0) is 0 Å². The molecule has 0 spiro atoms. The number of rotatable bonds is 1. The third-order valence-corrected chi connectivity index (χ3v) is 3.31. The number of hydrogen-bond acceptors (Lipinski definition) is 2. The molecule has 0 aromatic carbocycles. The van der Waals surface area contributed by atoms with Gasteiger partial charge in [0.1, 0.15) is 0 Å². The molecule has 1 aliphatic rings. The van der Waals surface area contributed by atoms with Gasteiger partial charge in [0, 0.05) is 6.92 Å². The number of piperidine rings is 1. The van der Waals surface area contributed by atoms with Crippen LogP contribution in [0.3, 0.4) is 0 Å². The van der Waals surface area contributed by atoms with Crippen molar-refractivity contribution in [3.05, 3.63) is 0 Å². The van der Waals surface area contributed by atoms with Crippen molar-refractivity contribution in [1.29, 1.82) is 0 Å². The molecule has 0 aromatic heterocycles. The van der Waals surface area contributed by atoms with E-state index in [9.17, 15) is 4.79 Å². The van der Waals surface area contributed by atoms with Gasteiger partial charge in [0.15, 0.2) is 5.60 Å². The minimum atomic E-state index is -0.703. The number of esters is 1. The van der Waals surface area contributed by atoms with Gasteiger partial charge in [-0.3, -0.25) is 4.79 Å². The largest absolute Gasteiger partial charge is 0.445 e. The summed E-state index contributed by atoms with van der Waals surface area (Å²) in [5, 5.41) is 0. The van der Waals surface area contributed by atoms with Crippen LogP contribution in [0.1, 0.15) is 20.8 Å². The number of nitrogens with one attached hydrogen (secondary N) is 1. The summed E-state index contributed by atoms with van der Waals surface area (Å²) >= 11 is 0. The Kier molecular flexibility index (Phi) is 3.41. The third kappa shape index (κ3) is 2.15. The predicted octanol–water partition coefficient (Wildman–Crippen LogP) is -0.278. The first-order valence-corrected chi connectivity index (χ1v) is 5.41. The lowest BCUT2D eigenvalue weighted by molar-refractivity contribution is -0.895. The minimum absolute atomic E-state index is 0.204. The van der Waals surface area contributed by atoms with Crippen molar-refractivity contribution in [3.63, 3.8) is 0 Å². The highest BCUT2D eigenvalue weighted by Crippen LogP contribution is 2.31. The van der Waals surface area contributed by atoms with Gasteiger partial charge < -0.3 is 9.64 Å². The van der Waals surface area contributed by atoms with Crippen LogP contribution in [0.15, 0.2) is 0 Å². The predicted molar refractivity (Wildman–Crippen MR) is 58.3 cm³/mol. The van der Waals surface area contributed by atoms with Crippen LogP contribution in [0.25, 0.3) is 0 Å². The molecule has 84 valence electrons. The molecule has 2 atom stereocenters. The summed E-state index contributed by atoms with van der Waals surface area (Å²) in [6.07, 6.45) is 5.58. The Hall–Kier alpha value is -1.01. The van der Waals surface area contributed by atoms with Gasteiger partial charge in [0.05, 0.1) is 32.0 Å². The van der Waals surface area contributed by atoms with E-state index >= 15 is 0 Å². The quantitative estimate of drug-likeness (QED) is 0.477. The second-order valence-electron chi connectivity index (χ2n) is 4.70. The maximum absolute atomic E-state index is 11.1. The molecule has 1 N–H and O–H groups in total. The average Bonchev–Trinajstić information content (AvgIpc) is 2.11. The van der Waals surface area contributed by atoms with E-state index in [0.29, 0.717) is 0 Å². The van der Waals surface area contributed by atoms with Crippen molar-refractivity contribution in [3.8, 4) is 12.3 Å². The first kappa shape index (κ1) is 12.1. The second kappa shape index (κ2) is 4.24. The molecule has 0 amide bonds. The Morgan fingerprint density at radius 2 is 1.93 bits per heavy atom. The molecule has 0 radical (unpaired) electrons. The summed E-state index contributed by atoms with van der Waals surface area (Å²) in [5.74, 6) is 2.83. The number of carbonyl (C=O) groups excluding carboxylic acids is 1. The van der Waals surface area contributed by atoms with E-state index in [-0.39, 0.29) is 17.8 Å². The Balaban J connectivity index is 2.95. The lowest BCUT2D eigenvalue weighted by Crippen LogP contribution is -3.12. The molecule has 3 heteroatoms. The molecule has 1 rings (SSSR count). The van der Waals surface area contributed by atoms with E-state index in [1.165, 1.54) is 11.8 Å². The van der Waals surface area contributed by atoms with Crippen LogP contribution in [-0.4, -0.2) is 31.7 Å². The molecular weight excluding hydrogens is 190 g/mol. The number of ether oxygens (including phenoxy) is 1. The summed E-state index contributed by atoms with van der Waals surface area (Å²) in [6.45, 7) is 7.43. The molecule has 0 aromatic rings. The van der Waals surface area contributed by atoms with Crippen LogP contribution in [0.4, 0.5) is 0 Å². The Morgan fingerprint density at radius 3 is 2.27 bits per heavy atom. The van der Waals surface area contributed by atoms with Crippen LogP contribution in [0.5, 0.6) is 0 Å². The van der Waals surface area contributed by atoms with Gasteiger partial charge >= 0.3 is 5.97 Å². The smallest absolute Gasteiger partial charge is 0.304 e. The molecule has 1 heterocycles. The lowest BCUT2D eigenvalue weighted by Gasteiger charge is -2.43. The van der Waals surface area contributed by atoms with Crippen molar-refractivity contribution in [2.75, 3.05) is 20.1 Å². The van der Waals surface area contributed by atoms with Gasteiger partial charge in [0.25, 0.3) is 0 Å². The standard InChI is InChI=1S/C12H19NO2/c1-6-12(15-11(4)14)9(2)7-13(5)8-10(12)3/h1,9-10H,7-8H2,2-5H3/p+1/t9-,10-/m0/s1. The van der Waals surface area contributed by atoms with Crippen LogP contribution in [0, 0.1) is 24.2 Å². The van der Waals surface area contributed by atoms with Crippen LogP contribution in [-0.2, 0) is 9.53 Å². The van der Waals surface area contributed by atoms with Crippen molar-refractivity contribution in [2.24, 2.45) is 11.8 Å². The van der Waals surface area contributed by atoms with E-state index in [2.05, 4.69) is 26.8 Å². The first-order chi connectivity index (χ1) is 6.92. The van der Waals surface area contributed by atoms with Gasteiger partial charge in [-0.2, -0.15) is 0 Å². The fourth-order valence-corrected chi connectivity index (χ4v) is 2.67. The zero-order chi connectivity index (χ0) is 11.6. The fraction of sp³-hybridized carbons (Fsp3) is 0.750. The molecule has 0 unspecified atom stereocenters. The van der Waals surface area contributed by atoms with Crippen LogP contribution in [0.2, 0.25) is 0 Å². The summed E-state index contributed by atoms with van der Waals surface area (Å²) in [7, 11) is 2.14. The Labute approximate surface area is 91.8 Å². The molecular formula is C12H20NO2+. The van der Waals surface area contributed by atoms with E-state index in [0.717, 1.165) is 13.1 Å². The summed E-state index contributed by atoms with van der Waals surface area (Å²) in [5.41, 5.74) is -0.703. The number of hydrogen-bond donors (Lipinski definition) is 1. The Morgan fingerprint density at radius 1 is 1.47 bits per heavy atom. The number of quaternary nitrogens is 1. The summed E-state index contributed by atoms with van der Waals surface area (Å²) in [4.78, 5) is 12.6. The number of carbonyl (C=O) groups is 1. The minimum Gasteiger partial charge on any atom is -0.445 e. The highest BCUT2D eigenvalue weighted by molar-refractivity contribution is 5.67. The topological polar surface area (TPSA) is 30.7 Å². The second-order valence-corrected chi connectivity index (χ2v) is 4.70.